The number of rotatable bonds is 3. The zero-order valence-electron chi connectivity index (χ0n) is 8.10. The molecule has 0 saturated heterocycles. The summed E-state index contributed by atoms with van der Waals surface area (Å²) in [6.07, 6.45) is 8.14. The first-order valence-electron chi connectivity index (χ1n) is 4.88. The van der Waals surface area contributed by atoms with Gasteiger partial charge in [0.05, 0.1) is 0 Å². The first-order valence-corrected chi connectivity index (χ1v) is 4.88. The van der Waals surface area contributed by atoms with E-state index in [0.29, 0.717) is 11.7 Å². The lowest BCUT2D eigenvalue weighted by molar-refractivity contribution is -0.117. The van der Waals surface area contributed by atoms with Gasteiger partial charge in [0.1, 0.15) is 5.78 Å². The highest BCUT2D eigenvalue weighted by Gasteiger charge is 2.12. The van der Waals surface area contributed by atoms with E-state index in [1.54, 1.807) is 6.92 Å². The second-order valence-electron chi connectivity index (χ2n) is 3.83. The molecule has 0 aromatic rings. The number of hydrogen-bond acceptors (Lipinski definition) is 1. The molecule has 0 aromatic heterocycles. The number of allylic oxidation sites excluding steroid dienone is 2. The molecule has 0 radical (unpaired) electrons. The minimum absolute atomic E-state index is 0.314. The summed E-state index contributed by atoms with van der Waals surface area (Å²) in [5.74, 6) is 0.803. The Bertz CT molecular complexity index is 191. The summed E-state index contributed by atoms with van der Waals surface area (Å²) in [5.41, 5.74) is 1.51. The second kappa shape index (κ2) is 4.44. The average Bonchev–Trinajstić information content (AvgIpc) is 2.05. The Balaban J connectivity index is 2.44. The summed E-state index contributed by atoms with van der Waals surface area (Å²) in [4.78, 5) is 10.9. The highest BCUT2D eigenvalue weighted by molar-refractivity contribution is 5.76. The van der Waals surface area contributed by atoms with Crippen molar-refractivity contribution >= 4 is 5.78 Å². The fourth-order valence-electron chi connectivity index (χ4n) is 1.87. The Morgan fingerprint density at radius 1 is 1.58 bits per heavy atom. The van der Waals surface area contributed by atoms with Crippen LogP contribution in [0.3, 0.4) is 0 Å². The van der Waals surface area contributed by atoms with E-state index in [1.165, 1.54) is 31.3 Å². The smallest absolute Gasteiger partial charge is 0.130 e. The minimum atomic E-state index is 0.314. The number of carbonyl (C=O) groups excluding carboxylic acids is 1. The van der Waals surface area contributed by atoms with Gasteiger partial charge in [0.25, 0.3) is 0 Å². The highest BCUT2D eigenvalue weighted by Crippen LogP contribution is 2.25. The molecule has 0 bridgehead atoms. The third kappa shape index (κ3) is 2.80. The summed E-state index contributed by atoms with van der Waals surface area (Å²) in [5, 5.41) is 0. The summed E-state index contributed by atoms with van der Waals surface area (Å²) >= 11 is 0. The summed E-state index contributed by atoms with van der Waals surface area (Å²) in [7, 11) is 0. The Morgan fingerprint density at radius 3 is 2.83 bits per heavy atom. The van der Waals surface area contributed by atoms with E-state index in [1.807, 2.05) is 0 Å². The van der Waals surface area contributed by atoms with Crippen LogP contribution in [-0.4, -0.2) is 5.78 Å². The van der Waals surface area contributed by atoms with Crippen LogP contribution in [0.1, 0.15) is 46.0 Å². The minimum Gasteiger partial charge on any atom is -0.300 e. The number of hydrogen-bond donors (Lipinski definition) is 0. The van der Waals surface area contributed by atoms with E-state index >= 15 is 0 Å². The summed E-state index contributed by atoms with van der Waals surface area (Å²) in [6.45, 7) is 3.85. The molecule has 1 rings (SSSR count). The fourth-order valence-corrected chi connectivity index (χ4v) is 1.87. The molecule has 0 spiro atoms. The van der Waals surface area contributed by atoms with E-state index in [4.69, 9.17) is 0 Å². The van der Waals surface area contributed by atoms with Crippen LogP contribution in [-0.2, 0) is 4.79 Å². The zero-order valence-corrected chi connectivity index (χ0v) is 8.10. The van der Waals surface area contributed by atoms with Crippen molar-refractivity contribution in [3.05, 3.63) is 11.6 Å². The van der Waals surface area contributed by atoms with E-state index in [9.17, 15) is 4.79 Å². The molecule has 0 fully saturated rings. The number of ketones is 1. The third-order valence-corrected chi connectivity index (χ3v) is 2.55. The number of Topliss-reactive ketones (excluding diaryl/α,β-unsaturated/α-hetero) is 1. The molecule has 1 aliphatic carbocycles. The third-order valence-electron chi connectivity index (χ3n) is 2.55. The van der Waals surface area contributed by atoms with Gasteiger partial charge in [0.2, 0.25) is 0 Å². The molecule has 0 saturated carbocycles. The summed E-state index contributed by atoms with van der Waals surface area (Å²) in [6, 6.07) is 0. The Hall–Kier alpha value is -0.590. The summed E-state index contributed by atoms with van der Waals surface area (Å²) < 4.78 is 0. The van der Waals surface area contributed by atoms with Crippen LogP contribution in [0.2, 0.25) is 0 Å². The Kier molecular flexibility index (Phi) is 3.51. The van der Waals surface area contributed by atoms with Crippen molar-refractivity contribution in [1.29, 1.82) is 0 Å². The lowest BCUT2D eigenvalue weighted by Gasteiger charge is -2.18. The molecule has 0 amide bonds. The van der Waals surface area contributed by atoms with Gasteiger partial charge in [-0.15, -0.1) is 0 Å². The maximum Gasteiger partial charge on any atom is 0.130 e. The topological polar surface area (TPSA) is 17.1 Å². The molecule has 1 unspecified atom stereocenters. The molecular weight excluding hydrogens is 148 g/mol. The molecular formula is C11H18O. The van der Waals surface area contributed by atoms with Crippen molar-refractivity contribution in [3.63, 3.8) is 0 Å². The number of carbonyl (C=O) groups is 1. The molecule has 0 aromatic carbocycles. The van der Waals surface area contributed by atoms with E-state index in [2.05, 4.69) is 13.0 Å². The predicted octanol–water partition coefficient (Wildman–Crippen LogP) is 3.10. The van der Waals surface area contributed by atoms with Crippen LogP contribution in [0.15, 0.2) is 11.6 Å². The van der Waals surface area contributed by atoms with Gasteiger partial charge < -0.3 is 4.79 Å². The van der Waals surface area contributed by atoms with Gasteiger partial charge in [-0.1, -0.05) is 18.6 Å². The largest absolute Gasteiger partial charge is 0.300 e. The van der Waals surface area contributed by atoms with Gasteiger partial charge in [-0.2, -0.15) is 0 Å². The van der Waals surface area contributed by atoms with Gasteiger partial charge in [0, 0.05) is 6.42 Å². The van der Waals surface area contributed by atoms with Gasteiger partial charge in [-0.25, -0.2) is 0 Å². The van der Waals surface area contributed by atoms with E-state index in [-0.39, 0.29) is 0 Å². The van der Waals surface area contributed by atoms with Crippen molar-refractivity contribution in [1.82, 2.24) is 0 Å². The van der Waals surface area contributed by atoms with E-state index < -0.39 is 0 Å². The molecule has 0 heterocycles. The van der Waals surface area contributed by atoms with Crippen molar-refractivity contribution < 1.29 is 4.79 Å². The van der Waals surface area contributed by atoms with Gasteiger partial charge in [-0.3, -0.25) is 0 Å². The first-order chi connectivity index (χ1) is 5.70. The maximum absolute atomic E-state index is 10.9. The van der Waals surface area contributed by atoms with Gasteiger partial charge in [0.15, 0.2) is 0 Å². The van der Waals surface area contributed by atoms with Crippen LogP contribution in [0.4, 0.5) is 0 Å². The van der Waals surface area contributed by atoms with Gasteiger partial charge in [-0.05, 0) is 38.5 Å². The van der Waals surface area contributed by atoms with Gasteiger partial charge >= 0.3 is 0 Å². The van der Waals surface area contributed by atoms with Crippen LogP contribution in [0.5, 0.6) is 0 Å². The van der Waals surface area contributed by atoms with Crippen molar-refractivity contribution in [3.8, 4) is 0 Å². The van der Waals surface area contributed by atoms with Crippen molar-refractivity contribution in [2.24, 2.45) is 5.92 Å². The normalized spacial score (nSPS) is 20.0. The van der Waals surface area contributed by atoms with Crippen LogP contribution in [0.25, 0.3) is 0 Å². The molecule has 1 heteroatoms. The van der Waals surface area contributed by atoms with Crippen LogP contribution < -0.4 is 0 Å². The molecule has 12 heavy (non-hydrogen) atoms. The molecule has 1 atom stereocenters. The Morgan fingerprint density at radius 2 is 2.33 bits per heavy atom. The second-order valence-corrected chi connectivity index (χ2v) is 3.83. The molecule has 68 valence electrons. The molecule has 0 N–H and O–H groups in total. The maximum atomic E-state index is 10.9. The lowest BCUT2D eigenvalue weighted by Crippen LogP contribution is -2.07. The van der Waals surface area contributed by atoms with Crippen molar-refractivity contribution in [2.75, 3.05) is 0 Å². The highest BCUT2D eigenvalue weighted by atomic mass is 16.1. The van der Waals surface area contributed by atoms with E-state index in [0.717, 1.165) is 6.42 Å². The van der Waals surface area contributed by atoms with Crippen LogP contribution in [0, 0.1) is 5.92 Å². The van der Waals surface area contributed by atoms with Crippen molar-refractivity contribution in [2.45, 2.75) is 46.0 Å². The Labute approximate surface area is 74.9 Å². The molecule has 1 nitrogen and oxygen atoms in total. The molecule has 1 aliphatic rings. The SMILES string of the molecule is CC(=O)CC(C)C1=CCCCC1. The fraction of sp³-hybridized carbons (Fsp3) is 0.727. The average molecular weight is 166 g/mol. The predicted molar refractivity (Wildman–Crippen MR) is 51.0 cm³/mol. The zero-order chi connectivity index (χ0) is 8.97. The standard InChI is InChI=1S/C11H18O/c1-9(8-10(2)12)11-6-4-3-5-7-11/h6,9H,3-5,7-8H2,1-2H3. The molecule has 0 aliphatic heterocycles. The first kappa shape index (κ1) is 9.50. The monoisotopic (exact) mass is 166 g/mol. The lowest BCUT2D eigenvalue weighted by atomic mass is 9.88. The quantitative estimate of drug-likeness (QED) is 0.589. The van der Waals surface area contributed by atoms with Crippen LogP contribution >= 0.6 is 0 Å².